The number of pyridine rings is 2. The molecule has 3 aromatic heterocycles. The van der Waals surface area contributed by atoms with Crippen LogP contribution in [-0.4, -0.2) is 19.9 Å². The molecular formula is C14H11N5. The molecule has 5 heteroatoms. The van der Waals surface area contributed by atoms with Crippen molar-refractivity contribution in [1.82, 2.24) is 19.9 Å². The summed E-state index contributed by atoms with van der Waals surface area (Å²) in [4.78, 5) is 16.7. The molecule has 0 radical (unpaired) electrons. The van der Waals surface area contributed by atoms with Gasteiger partial charge in [0.2, 0.25) is 0 Å². The average molecular weight is 249 g/mol. The van der Waals surface area contributed by atoms with Gasteiger partial charge >= 0.3 is 0 Å². The second-order valence-electron chi connectivity index (χ2n) is 3.96. The Balaban J connectivity index is 2.12. The maximum Gasteiger partial charge on any atom is 0.150 e. The van der Waals surface area contributed by atoms with Gasteiger partial charge in [0.25, 0.3) is 0 Å². The minimum absolute atomic E-state index is 0.406. The summed E-state index contributed by atoms with van der Waals surface area (Å²) in [5.74, 6) is 0.406. The van der Waals surface area contributed by atoms with E-state index >= 15 is 0 Å². The third kappa shape index (κ3) is 2.26. The van der Waals surface area contributed by atoms with Gasteiger partial charge in [0.15, 0.2) is 0 Å². The molecule has 0 aromatic carbocycles. The van der Waals surface area contributed by atoms with E-state index in [0.717, 1.165) is 16.8 Å². The van der Waals surface area contributed by atoms with E-state index in [1.807, 2.05) is 24.3 Å². The Morgan fingerprint density at radius 1 is 0.789 bits per heavy atom. The Kier molecular flexibility index (Phi) is 2.86. The zero-order valence-electron chi connectivity index (χ0n) is 10.1. The van der Waals surface area contributed by atoms with Gasteiger partial charge in [-0.25, -0.2) is 9.97 Å². The lowest BCUT2D eigenvalue weighted by Gasteiger charge is -2.06. The van der Waals surface area contributed by atoms with Crippen LogP contribution in [0.4, 0.5) is 5.82 Å². The van der Waals surface area contributed by atoms with Crippen molar-refractivity contribution in [3.05, 3.63) is 55.2 Å². The molecule has 0 aliphatic rings. The van der Waals surface area contributed by atoms with E-state index in [-0.39, 0.29) is 0 Å². The molecule has 0 aliphatic carbocycles. The summed E-state index contributed by atoms with van der Waals surface area (Å²) in [5, 5.41) is 0. The van der Waals surface area contributed by atoms with Gasteiger partial charge in [-0.1, -0.05) is 0 Å². The Morgan fingerprint density at radius 2 is 1.37 bits per heavy atom. The third-order valence-corrected chi connectivity index (χ3v) is 2.73. The Bertz CT molecular complexity index is 683. The fourth-order valence-corrected chi connectivity index (χ4v) is 1.78. The molecule has 0 fully saturated rings. The molecule has 3 heterocycles. The second kappa shape index (κ2) is 4.81. The first kappa shape index (κ1) is 11.3. The number of nitrogens with zero attached hydrogens (tertiary/aromatic N) is 4. The predicted octanol–water partition coefficient (Wildman–Crippen LogP) is 2.18. The molecule has 0 saturated heterocycles. The van der Waals surface area contributed by atoms with Crippen molar-refractivity contribution in [2.75, 3.05) is 5.73 Å². The maximum atomic E-state index is 5.89. The number of hydrogen-bond acceptors (Lipinski definition) is 5. The van der Waals surface area contributed by atoms with Gasteiger partial charge < -0.3 is 5.73 Å². The topological polar surface area (TPSA) is 77.6 Å². The summed E-state index contributed by atoms with van der Waals surface area (Å²) in [5.41, 5.74) is 9.18. The van der Waals surface area contributed by atoms with Gasteiger partial charge in [-0.2, -0.15) is 0 Å². The Hall–Kier alpha value is -2.82. The normalized spacial score (nSPS) is 10.3. The van der Waals surface area contributed by atoms with Gasteiger partial charge in [-0.3, -0.25) is 9.97 Å². The van der Waals surface area contributed by atoms with Gasteiger partial charge in [0.05, 0.1) is 11.9 Å². The SMILES string of the molecule is Nc1ncc(-c2ccncc2)nc1-c1ccncc1. The Labute approximate surface area is 110 Å². The highest BCUT2D eigenvalue weighted by atomic mass is 14.9. The van der Waals surface area contributed by atoms with Gasteiger partial charge in [-0.15, -0.1) is 0 Å². The fraction of sp³-hybridized carbons (Fsp3) is 0. The molecule has 2 N–H and O–H groups in total. The van der Waals surface area contributed by atoms with E-state index in [9.17, 15) is 0 Å². The number of aromatic nitrogens is 4. The lowest BCUT2D eigenvalue weighted by atomic mass is 10.1. The summed E-state index contributed by atoms with van der Waals surface area (Å²) in [6.07, 6.45) is 8.51. The first-order chi connectivity index (χ1) is 9.34. The zero-order chi connectivity index (χ0) is 13.1. The van der Waals surface area contributed by atoms with Crippen LogP contribution in [0.15, 0.2) is 55.2 Å². The molecule has 0 aliphatic heterocycles. The summed E-state index contributed by atoms with van der Waals surface area (Å²) in [7, 11) is 0. The molecule has 0 atom stereocenters. The van der Waals surface area contributed by atoms with E-state index in [1.165, 1.54) is 0 Å². The van der Waals surface area contributed by atoms with E-state index < -0.39 is 0 Å². The monoisotopic (exact) mass is 249 g/mol. The molecule has 0 saturated carbocycles. The highest BCUT2D eigenvalue weighted by molar-refractivity contribution is 5.72. The number of hydrogen-bond donors (Lipinski definition) is 1. The zero-order valence-corrected chi connectivity index (χ0v) is 10.1. The molecule has 92 valence electrons. The molecule has 3 aromatic rings. The lowest BCUT2D eigenvalue weighted by molar-refractivity contribution is 1.20. The Morgan fingerprint density at radius 3 is 2.00 bits per heavy atom. The lowest BCUT2D eigenvalue weighted by Crippen LogP contribution is -1.98. The van der Waals surface area contributed by atoms with E-state index in [4.69, 9.17) is 5.73 Å². The average Bonchev–Trinajstić information content (AvgIpc) is 2.49. The van der Waals surface area contributed by atoms with Crippen molar-refractivity contribution in [3.8, 4) is 22.5 Å². The van der Waals surface area contributed by atoms with Gasteiger partial charge in [-0.05, 0) is 24.3 Å². The molecule has 5 nitrogen and oxygen atoms in total. The van der Waals surface area contributed by atoms with E-state index in [0.29, 0.717) is 11.5 Å². The molecule has 0 unspecified atom stereocenters. The van der Waals surface area contributed by atoms with E-state index in [2.05, 4.69) is 19.9 Å². The molecule has 19 heavy (non-hydrogen) atoms. The van der Waals surface area contributed by atoms with Crippen molar-refractivity contribution in [1.29, 1.82) is 0 Å². The van der Waals surface area contributed by atoms with Crippen LogP contribution in [0.5, 0.6) is 0 Å². The minimum Gasteiger partial charge on any atom is -0.382 e. The maximum absolute atomic E-state index is 5.89. The van der Waals surface area contributed by atoms with Crippen molar-refractivity contribution < 1.29 is 0 Å². The summed E-state index contributed by atoms with van der Waals surface area (Å²) >= 11 is 0. The standard InChI is InChI=1S/C14H11N5/c15-14-13(11-3-7-17-8-4-11)19-12(9-18-14)10-1-5-16-6-2-10/h1-9H,(H2,15,18). The van der Waals surface area contributed by atoms with Crippen LogP contribution >= 0.6 is 0 Å². The van der Waals surface area contributed by atoms with Crippen LogP contribution in [0.3, 0.4) is 0 Å². The van der Waals surface area contributed by atoms with E-state index in [1.54, 1.807) is 31.0 Å². The molecule has 0 spiro atoms. The van der Waals surface area contributed by atoms with Crippen molar-refractivity contribution in [3.63, 3.8) is 0 Å². The molecule has 3 rings (SSSR count). The highest BCUT2D eigenvalue weighted by Crippen LogP contribution is 2.24. The van der Waals surface area contributed by atoms with Crippen LogP contribution in [0, 0.1) is 0 Å². The van der Waals surface area contributed by atoms with Crippen molar-refractivity contribution >= 4 is 5.82 Å². The van der Waals surface area contributed by atoms with Crippen LogP contribution in [0.25, 0.3) is 22.5 Å². The minimum atomic E-state index is 0.406. The molecule has 0 bridgehead atoms. The van der Waals surface area contributed by atoms with Crippen LogP contribution in [0.2, 0.25) is 0 Å². The third-order valence-electron chi connectivity index (χ3n) is 2.73. The summed E-state index contributed by atoms with van der Waals surface area (Å²) < 4.78 is 0. The largest absolute Gasteiger partial charge is 0.382 e. The van der Waals surface area contributed by atoms with Crippen LogP contribution in [-0.2, 0) is 0 Å². The summed E-state index contributed by atoms with van der Waals surface area (Å²) in [6, 6.07) is 7.49. The second-order valence-corrected chi connectivity index (χ2v) is 3.96. The first-order valence-corrected chi connectivity index (χ1v) is 5.78. The predicted molar refractivity (Wildman–Crippen MR) is 72.9 cm³/mol. The fourth-order valence-electron chi connectivity index (χ4n) is 1.78. The smallest absolute Gasteiger partial charge is 0.150 e. The quantitative estimate of drug-likeness (QED) is 0.753. The molecule has 0 amide bonds. The van der Waals surface area contributed by atoms with Crippen LogP contribution in [0.1, 0.15) is 0 Å². The van der Waals surface area contributed by atoms with Gasteiger partial charge in [0.1, 0.15) is 11.5 Å². The van der Waals surface area contributed by atoms with Crippen molar-refractivity contribution in [2.24, 2.45) is 0 Å². The number of nitrogen functional groups attached to an aromatic ring is 1. The van der Waals surface area contributed by atoms with Gasteiger partial charge in [0, 0.05) is 35.9 Å². The van der Waals surface area contributed by atoms with Crippen LogP contribution < -0.4 is 5.73 Å². The first-order valence-electron chi connectivity index (χ1n) is 5.78. The number of nitrogens with two attached hydrogens (primary N) is 1. The molecular weight excluding hydrogens is 238 g/mol. The highest BCUT2D eigenvalue weighted by Gasteiger charge is 2.08. The number of anilines is 1. The summed E-state index contributed by atoms with van der Waals surface area (Å²) in [6.45, 7) is 0. The van der Waals surface area contributed by atoms with Crippen molar-refractivity contribution in [2.45, 2.75) is 0 Å². The number of rotatable bonds is 2.